The van der Waals surface area contributed by atoms with E-state index >= 15 is 0 Å². The molecule has 0 atom stereocenters. The molecule has 0 fully saturated rings. The maximum absolute atomic E-state index is 6.46. The summed E-state index contributed by atoms with van der Waals surface area (Å²) in [5.74, 6) is 0. The summed E-state index contributed by atoms with van der Waals surface area (Å²) in [6.45, 7) is 16.1. The van der Waals surface area contributed by atoms with Gasteiger partial charge < -0.3 is 14.4 Å². The molecular formula is C41H38IrN2OSi2-2. The molecule has 0 saturated carbocycles. The van der Waals surface area contributed by atoms with Crippen LogP contribution in [0.4, 0.5) is 0 Å². The van der Waals surface area contributed by atoms with Crippen LogP contribution in [0, 0.1) is 26.0 Å². The summed E-state index contributed by atoms with van der Waals surface area (Å²) in [5, 5.41) is 6.74. The Morgan fingerprint density at radius 1 is 0.681 bits per heavy atom. The molecule has 6 heteroatoms. The Hall–Kier alpha value is -3.94. The van der Waals surface area contributed by atoms with Gasteiger partial charge in [-0.1, -0.05) is 97.8 Å². The van der Waals surface area contributed by atoms with Crippen molar-refractivity contribution in [2.24, 2.45) is 0 Å². The van der Waals surface area contributed by atoms with Crippen LogP contribution in [-0.4, -0.2) is 26.1 Å². The average Bonchev–Trinajstić information content (AvgIpc) is 3.53. The Kier molecular flexibility index (Phi) is 8.83. The van der Waals surface area contributed by atoms with E-state index in [0.717, 1.165) is 39.1 Å². The second kappa shape index (κ2) is 12.6. The number of aromatic nitrogens is 2. The summed E-state index contributed by atoms with van der Waals surface area (Å²) < 4.78 is 6.46. The topological polar surface area (TPSA) is 38.9 Å². The number of hydrogen-bond donors (Lipinski definition) is 0. The Balaban J connectivity index is 0.000000194. The number of nitrogens with zero attached hydrogens (tertiary/aromatic N) is 2. The van der Waals surface area contributed by atoms with E-state index < -0.39 is 16.1 Å². The number of hydrogen-bond acceptors (Lipinski definition) is 3. The normalized spacial score (nSPS) is 13.0. The minimum atomic E-state index is -1.71. The van der Waals surface area contributed by atoms with E-state index in [1.54, 1.807) is 0 Å². The van der Waals surface area contributed by atoms with Gasteiger partial charge in [-0.05, 0) is 63.6 Å². The quantitative estimate of drug-likeness (QED) is 0.132. The molecule has 0 spiro atoms. The third-order valence-electron chi connectivity index (χ3n) is 9.38. The molecule has 237 valence electrons. The van der Waals surface area contributed by atoms with Crippen LogP contribution in [0.15, 0.2) is 108 Å². The maximum Gasteiger partial charge on any atom is 0.121 e. The van der Waals surface area contributed by atoms with Crippen LogP contribution < -0.4 is 15.6 Å². The molecule has 0 unspecified atom stereocenters. The number of fused-ring (bicyclic) bond motifs is 6. The summed E-state index contributed by atoms with van der Waals surface area (Å²) in [4.78, 5) is 9.18. The summed E-state index contributed by atoms with van der Waals surface area (Å²) in [6.07, 6.45) is 3.95. The second-order valence-electron chi connectivity index (χ2n) is 13.9. The molecule has 0 saturated heterocycles. The Bertz CT molecular complexity index is 2230. The molecule has 3 aromatic heterocycles. The Morgan fingerprint density at radius 3 is 2.15 bits per heavy atom. The van der Waals surface area contributed by atoms with Crippen LogP contribution in [0.25, 0.3) is 55.6 Å². The van der Waals surface area contributed by atoms with E-state index in [1.807, 2.05) is 42.7 Å². The van der Waals surface area contributed by atoms with Crippen molar-refractivity contribution >= 4 is 53.6 Å². The molecule has 4 aromatic carbocycles. The fraction of sp³-hybridized carbons (Fsp3) is 0.171. The molecule has 4 heterocycles. The third kappa shape index (κ3) is 6.00. The zero-order valence-corrected chi connectivity index (χ0v) is 32.3. The van der Waals surface area contributed by atoms with Gasteiger partial charge in [0.15, 0.2) is 0 Å². The van der Waals surface area contributed by atoms with Crippen molar-refractivity contribution in [3.63, 3.8) is 0 Å². The molecule has 1 aliphatic rings. The van der Waals surface area contributed by atoms with Gasteiger partial charge in [0.05, 0.1) is 13.7 Å². The smallest absolute Gasteiger partial charge is 0.121 e. The van der Waals surface area contributed by atoms with E-state index in [0.29, 0.717) is 0 Å². The Labute approximate surface area is 293 Å². The van der Waals surface area contributed by atoms with Crippen molar-refractivity contribution in [1.82, 2.24) is 9.97 Å². The van der Waals surface area contributed by atoms with Crippen molar-refractivity contribution in [1.29, 1.82) is 0 Å². The SMILES string of the molecule is C[Si](C)(C)c1ccc(-c2[c-]cccc2)nc1.Cc1cnc(-c2[c-]ccc3c2oc2cc4c(cc23)[Si](C)(C)c2ccccc2-4)cc1C.[Ir]. The van der Waals surface area contributed by atoms with Crippen LogP contribution in [0.5, 0.6) is 0 Å². The summed E-state index contributed by atoms with van der Waals surface area (Å²) in [6, 6.07) is 38.6. The van der Waals surface area contributed by atoms with Gasteiger partial charge in [0, 0.05) is 37.9 Å². The van der Waals surface area contributed by atoms with Crippen LogP contribution >= 0.6 is 0 Å². The molecule has 1 aliphatic heterocycles. The fourth-order valence-corrected chi connectivity index (χ4v) is 10.6. The van der Waals surface area contributed by atoms with E-state index in [9.17, 15) is 0 Å². The molecule has 0 aliphatic carbocycles. The fourth-order valence-electron chi connectivity index (χ4n) is 6.44. The van der Waals surface area contributed by atoms with Crippen molar-refractivity contribution in [3.05, 3.63) is 127 Å². The first-order valence-corrected chi connectivity index (χ1v) is 22.4. The van der Waals surface area contributed by atoms with Gasteiger partial charge in [-0.2, -0.15) is 0 Å². The number of aryl methyl sites for hydroxylation is 2. The zero-order chi connectivity index (χ0) is 32.2. The van der Waals surface area contributed by atoms with Crippen LogP contribution in [0.1, 0.15) is 11.1 Å². The average molecular weight is 823 g/mol. The van der Waals surface area contributed by atoms with Gasteiger partial charge in [-0.3, -0.25) is 0 Å². The Morgan fingerprint density at radius 2 is 1.45 bits per heavy atom. The van der Waals surface area contributed by atoms with Gasteiger partial charge in [0.1, 0.15) is 13.7 Å². The first-order chi connectivity index (χ1) is 22.0. The third-order valence-corrected chi connectivity index (χ3v) is 14.9. The van der Waals surface area contributed by atoms with E-state index in [2.05, 4.69) is 129 Å². The molecule has 1 radical (unpaired) electrons. The molecule has 47 heavy (non-hydrogen) atoms. The molecule has 7 aromatic rings. The number of pyridine rings is 2. The molecule has 0 bridgehead atoms. The first-order valence-electron chi connectivity index (χ1n) is 15.9. The van der Waals surface area contributed by atoms with E-state index in [1.165, 1.54) is 43.2 Å². The van der Waals surface area contributed by atoms with Crippen molar-refractivity contribution < 1.29 is 24.5 Å². The monoisotopic (exact) mass is 823 g/mol. The van der Waals surface area contributed by atoms with Gasteiger partial charge in [-0.15, -0.1) is 54.1 Å². The first kappa shape index (κ1) is 33.0. The number of rotatable bonds is 3. The second-order valence-corrected chi connectivity index (χ2v) is 23.3. The molecule has 3 nitrogen and oxygen atoms in total. The van der Waals surface area contributed by atoms with Gasteiger partial charge in [0.2, 0.25) is 0 Å². The minimum Gasteiger partial charge on any atom is -0.501 e. The summed E-state index contributed by atoms with van der Waals surface area (Å²) in [5.41, 5.74) is 10.8. The summed E-state index contributed by atoms with van der Waals surface area (Å²) in [7, 11) is -2.94. The van der Waals surface area contributed by atoms with Gasteiger partial charge >= 0.3 is 0 Å². The van der Waals surface area contributed by atoms with Crippen LogP contribution in [-0.2, 0) is 20.1 Å². The molecule has 8 rings (SSSR count). The minimum absolute atomic E-state index is 0. The van der Waals surface area contributed by atoms with E-state index in [-0.39, 0.29) is 20.1 Å². The summed E-state index contributed by atoms with van der Waals surface area (Å²) >= 11 is 0. The van der Waals surface area contributed by atoms with Crippen molar-refractivity contribution in [3.8, 4) is 33.6 Å². The van der Waals surface area contributed by atoms with Crippen molar-refractivity contribution in [2.75, 3.05) is 0 Å². The zero-order valence-electron chi connectivity index (χ0n) is 28.0. The van der Waals surface area contributed by atoms with Gasteiger partial charge in [0.25, 0.3) is 0 Å². The predicted octanol–water partition coefficient (Wildman–Crippen LogP) is 8.96. The molecule has 0 amide bonds. The maximum atomic E-state index is 6.46. The molecular weight excluding hydrogens is 785 g/mol. The molecule has 0 N–H and O–H groups in total. The standard InChI is InChI=1S/C27H22NOSi.C14H16NSi.Ir/c1-16-12-23(28-15-17(16)2)20-10-7-9-19-21-14-26-22(13-24(21)29-27(19)20)18-8-5-6-11-25(18)30(26,3)4;1-16(2,3)13-9-10-14(15-11-13)12-7-5-4-6-8-12;/h5-9,11-15H,1-4H3;4-7,9-11H,1-3H3;/q2*-1;. The number of benzene rings is 4. The van der Waals surface area contributed by atoms with Crippen LogP contribution in [0.2, 0.25) is 32.7 Å². The van der Waals surface area contributed by atoms with E-state index in [4.69, 9.17) is 4.42 Å². The van der Waals surface area contributed by atoms with Crippen molar-refractivity contribution in [2.45, 2.75) is 46.6 Å². The largest absolute Gasteiger partial charge is 0.501 e. The van der Waals surface area contributed by atoms with Gasteiger partial charge in [-0.25, -0.2) is 0 Å². The number of furan rings is 1. The predicted molar refractivity (Wildman–Crippen MR) is 199 cm³/mol. The van der Waals surface area contributed by atoms with Crippen LogP contribution in [0.3, 0.4) is 0 Å².